The molecule has 0 spiro atoms. The van der Waals surface area contributed by atoms with E-state index in [0.717, 1.165) is 4.90 Å². The van der Waals surface area contributed by atoms with E-state index in [0.29, 0.717) is 12.0 Å². The van der Waals surface area contributed by atoms with Crippen molar-refractivity contribution in [1.29, 1.82) is 0 Å². The molecule has 25 heteroatoms. The molecule has 2 aliphatic rings. The van der Waals surface area contributed by atoms with E-state index < -0.39 is 164 Å². The summed E-state index contributed by atoms with van der Waals surface area (Å²) in [5.41, 5.74) is 16.5. The van der Waals surface area contributed by atoms with Gasteiger partial charge in [0.1, 0.15) is 48.0 Å². The highest BCUT2D eigenvalue weighted by molar-refractivity contribution is 5.99. The van der Waals surface area contributed by atoms with Crippen molar-refractivity contribution in [3.05, 3.63) is 29.8 Å². The largest absolute Gasteiger partial charge is 0.508 e. The Labute approximate surface area is 398 Å². The summed E-state index contributed by atoms with van der Waals surface area (Å²) in [6.45, 7) is 5.77. The van der Waals surface area contributed by atoms with Crippen molar-refractivity contribution in [1.82, 2.24) is 47.4 Å². The summed E-state index contributed by atoms with van der Waals surface area (Å²) in [7, 11) is 0. The normalized spacial score (nSPS) is 23.1. The summed E-state index contributed by atoms with van der Waals surface area (Å²) < 4.78 is 0. The van der Waals surface area contributed by atoms with Gasteiger partial charge in [-0.1, -0.05) is 46.2 Å². The second kappa shape index (κ2) is 26.9. The van der Waals surface area contributed by atoms with Gasteiger partial charge in [0, 0.05) is 38.8 Å². The predicted molar refractivity (Wildman–Crippen MR) is 244 cm³/mol. The van der Waals surface area contributed by atoms with Gasteiger partial charge in [0.25, 0.3) is 0 Å². The number of carbonyl (C=O) groups is 12. The Balaban J connectivity index is 2.06. The van der Waals surface area contributed by atoms with E-state index in [9.17, 15) is 62.6 Å². The molecule has 0 aromatic heterocycles. The zero-order valence-corrected chi connectivity index (χ0v) is 39.2. The average molecular weight is 971 g/mol. The van der Waals surface area contributed by atoms with Gasteiger partial charge in [-0.15, -0.1) is 0 Å². The fourth-order valence-electron chi connectivity index (χ4n) is 7.57. The molecule has 1 aromatic rings. The lowest BCUT2D eigenvalue weighted by molar-refractivity contribution is -0.143. The predicted octanol–water partition coefficient (Wildman–Crippen LogP) is -4.42. The number of hydrogen-bond donors (Lipinski definition) is 12. The Bertz CT molecular complexity index is 2080. The van der Waals surface area contributed by atoms with Crippen LogP contribution in [0.2, 0.25) is 0 Å². The summed E-state index contributed by atoms with van der Waals surface area (Å²) in [5, 5.41) is 29.8. The van der Waals surface area contributed by atoms with Crippen LogP contribution in [-0.4, -0.2) is 143 Å². The van der Waals surface area contributed by atoms with Crippen molar-refractivity contribution in [2.24, 2.45) is 29.0 Å². The van der Waals surface area contributed by atoms with Gasteiger partial charge in [0.05, 0.1) is 13.0 Å². The zero-order chi connectivity index (χ0) is 51.5. The molecule has 0 radical (unpaired) electrons. The van der Waals surface area contributed by atoms with Gasteiger partial charge in [-0.2, -0.15) is 0 Å². The first-order chi connectivity index (χ1) is 32.5. The Morgan fingerprint density at radius 2 is 1.39 bits per heavy atom. The lowest BCUT2D eigenvalue weighted by Gasteiger charge is -2.31. The van der Waals surface area contributed by atoms with Gasteiger partial charge in [-0.3, -0.25) is 57.5 Å². The van der Waals surface area contributed by atoms with Crippen molar-refractivity contribution in [3.8, 4) is 5.75 Å². The maximum Gasteiger partial charge on any atom is 0.247 e. The van der Waals surface area contributed by atoms with E-state index in [4.69, 9.17) is 17.2 Å². The van der Waals surface area contributed by atoms with E-state index in [1.165, 1.54) is 24.3 Å². The first-order valence-corrected chi connectivity index (χ1v) is 22.8. The van der Waals surface area contributed by atoms with Crippen LogP contribution in [0.15, 0.2) is 24.3 Å². The number of primary amides is 3. The number of nitrogens with one attached hydrogen (secondary N) is 8. The third-order valence-corrected chi connectivity index (χ3v) is 11.5. The fourth-order valence-corrected chi connectivity index (χ4v) is 7.57. The topological polar surface area (TPSA) is 403 Å². The van der Waals surface area contributed by atoms with Crippen molar-refractivity contribution < 1.29 is 62.6 Å². The van der Waals surface area contributed by atoms with Crippen LogP contribution in [0.3, 0.4) is 0 Å². The highest BCUT2D eigenvalue weighted by Gasteiger charge is 2.41. The van der Waals surface area contributed by atoms with E-state index in [1.54, 1.807) is 27.7 Å². The monoisotopic (exact) mass is 970 g/mol. The van der Waals surface area contributed by atoms with Gasteiger partial charge in [-0.05, 0) is 55.2 Å². The van der Waals surface area contributed by atoms with E-state index in [-0.39, 0.29) is 43.9 Å². The van der Waals surface area contributed by atoms with Crippen LogP contribution in [-0.2, 0) is 64.0 Å². The molecule has 15 N–H and O–H groups in total. The third kappa shape index (κ3) is 18.3. The molecule has 3 rings (SSSR count). The van der Waals surface area contributed by atoms with Gasteiger partial charge < -0.3 is 69.7 Å². The minimum atomic E-state index is -1.83. The lowest BCUT2D eigenvalue weighted by atomic mass is 9.96. The number of phenols is 1. The maximum atomic E-state index is 14.4. The highest BCUT2D eigenvalue weighted by atomic mass is 16.3. The third-order valence-electron chi connectivity index (χ3n) is 11.5. The van der Waals surface area contributed by atoms with Gasteiger partial charge in [0.15, 0.2) is 0 Å². The second-order valence-electron chi connectivity index (χ2n) is 17.6. The van der Waals surface area contributed by atoms with Crippen LogP contribution < -0.4 is 59.7 Å². The maximum absolute atomic E-state index is 14.4. The van der Waals surface area contributed by atoms with Crippen molar-refractivity contribution in [2.45, 2.75) is 134 Å². The molecule has 380 valence electrons. The number of likely N-dealkylation sites (tertiary alicyclic amines) is 1. The first-order valence-electron chi connectivity index (χ1n) is 22.8. The zero-order valence-electron chi connectivity index (χ0n) is 39.2. The number of rotatable bonds is 17. The standard InChI is InChI=1S/C44H66N12O13/c1-5-23(4)37-43(68)51-26(12-13-32(45)58)39(64)52-29(19-33(46)59)40(65)54-30(20-48-35(61)14-15-36(62)50-28(41(66)55-37)18-24-8-10-25(57)11-9-24)44(69)56-16-6-7-31(56)42(67)53-27(17-22(2)3)38(63)49-21-34(47)60/h8-11,22-23,26-31,37,57H,5-7,12-21H2,1-4H3,(H2,45,58)(H2,46,59)(H2,47,60)(H,48,61)(H,49,63)(H,50,62)(H,51,68)(H,52,64)(H,53,67)(H,54,65)(H,55,66)/t23-,26-,27-,28-,29-,30-,31-,37-/m0/s1. The number of benzene rings is 1. The molecule has 2 fully saturated rings. The van der Waals surface area contributed by atoms with Gasteiger partial charge in [0.2, 0.25) is 70.9 Å². The van der Waals surface area contributed by atoms with Crippen LogP contribution in [0.1, 0.15) is 91.0 Å². The summed E-state index contributed by atoms with van der Waals surface area (Å²) in [6.07, 6.45) is -1.99. The van der Waals surface area contributed by atoms with Crippen LogP contribution in [0.25, 0.3) is 0 Å². The van der Waals surface area contributed by atoms with Crippen LogP contribution >= 0.6 is 0 Å². The number of nitrogens with zero attached hydrogens (tertiary/aromatic N) is 1. The van der Waals surface area contributed by atoms with Crippen molar-refractivity contribution >= 4 is 70.9 Å². The first kappa shape index (κ1) is 56.0. The quantitative estimate of drug-likeness (QED) is 0.0703. The number of amides is 12. The molecular formula is C44H66N12O13. The molecule has 2 aliphatic heterocycles. The summed E-state index contributed by atoms with van der Waals surface area (Å²) in [4.78, 5) is 161. The van der Waals surface area contributed by atoms with Crippen LogP contribution in [0.4, 0.5) is 0 Å². The van der Waals surface area contributed by atoms with E-state index in [1.807, 2.05) is 0 Å². The van der Waals surface area contributed by atoms with Crippen LogP contribution in [0.5, 0.6) is 5.75 Å². The number of hydrogen-bond acceptors (Lipinski definition) is 13. The van der Waals surface area contributed by atoms with E-state index >= 15 is 0 Å². The minimum Gasteiger partial charge on any atom is -0.508 e. The highest BCUT2D eigenvalue weighted by Crippen LogP contribution is 2.20. The van der Waals surface area contributed by atoms with Gasteiger partial charge in [-0.25, -0.2) is 0 Å². The van der Waals surface area contributed by atoms with Crippen LogP contribution in [0, 0.1) is 11.8 Å². The molecular weight excluding hydrogens is 905 g/mol. The van der Waals surface area contributed by atoms with Gasteiger partial charge >= 0.3 is 0 Å². The number of aromatic hydroxyl groups is 1. The molecule has 69 heavy (non-hydrogen) atoms. The Morgan fingerprint density at radius 3 is 2.00 bits per heavy atom. The minimum absolute atomic E-state index is 0.0284. The summed E-state index contributed by atoms with van der Waals surface area (Å²) in [6, 6.07) is -4.43. The molecule has 25 nitrogen and oxygen atoms in total. The summed E-state index contributed by atoms with van der Waals surface area (Å²) >= 11 is 0. The average Bonchev–Trinajstić information content (AvgIpc) is 3.78. The molecule has 0 saturated carbocycles. The molecule has 1 aromatic carbocycles. The molecule has 12 amide bonds. The molecule has 2 saturated heterocycles. The molecule has 0 bridgehead atoms. The molecule has 8 atom stereocenters. The molecule has 0 unspecified atom stereocenters. The molecule has 2 heterocycles. The number of nitrogens with two attached hydrogens (primary N) is 3. The summed E-state index contributed by atoms with van der Waals surface area (Å²) in [5.74, 6) is -11.5. The van der Waals surface area contributed by atoms with Crippen molar-refractivity contribution in [3.63, 3.8) is 0 Å². The van der Waals surface area contributed by atoms with E-state index in [2.05, 4.69) is 42.5 Å². The Kier molecular flexibility index (Phi) is 21.8. The fraction of sp³-hybridized carbons (Fsp3) is 0.591. The number of phenolic OH excluding ortho intramolecular Hbond substituents is 1. The second-order valence-corrected chi connectivity index (χ2v) is 17.6. The Hall–Kier alpha value is -7.34. The van der Waals surface area contributed by atoms with Crippen molar-refractivity contribution in [2.75, 3.05) is 19.6 Å². The SMILES string of the molecule is CC[C@H](C)[C@@H]1NC(=O)[C@H](Cc2ccc(O)cc2)NC(=O)CCC(=O)NC[C@@H](C(=O)N2CCC[C@H]2C(=O)N[C@@H](CC(C)C)C(=O)NCC(N)=O)NC(=O)[C@H](CC(N)=O)NC(=O)[C@H](CCC(N)=O)NC1=O. The number of carbonyl (C=O) groups excluding carboxylic acids is 12. The molecule has 0 aliphatic carbocycles. The smallest absolute Gasteiger partial charge is 0.247 e. The Morgan fingerprint density at radius 1 is 0.768 bits per heavy atom. The lowest BCUT2D eigenvalue weighted by Crippen LogP contribution is -2.62.